The Morgan fingerprint density at radius 1 is 1.17 bits per heavy atom. The molecule has 0 bridgehead atoms. The zero-order valence-electron chi connectivity index (χ0n) is 13.8. The molecule has 2 aromatic rings. The third-order valence-electron chi connectivity index (χ3n) is 4.86. The van der Waals surface area contributed by atoms with Gasteiger partial charge in [-0.15, -0.1) is 0 Å². The number of benzene rings is 2. The van der Waals surface area contributed by atoms with Gasteiger partial charge in [0.1, 0.15) is 0 Å². The Morgan fingerprint density at radius 2 is 1.87 bits per heavy atom. The van der Waals surface area contributed by atoms with Crippen molar-refractivity contribution in [2.24, 2.45) is 0 Å². The van der Waals surface area contributed by atoms with Crippen molar-refractivity contribution in [2.75, 3.05) is 12.3 Å². The summed E-state index contributed by atoms with van der Waals surface area (Å²) in [7, 11) is 0. The molecule has 23 heavy (non-hydrogen) atoms. The van der Waals surface area contributed by atoms with Crippen molar-refractivity contribution in [3.63, 3.8) is 0 Å². The Bertz CT molecular complexity index is 693. The highest BCUT2D eigenvalue weighted by atomic mass is 16.2. The fourth-order valence-corrected chi connectivity index (χ4v) is 3.56. The SMILES string of the molecule is Cc1ccccc1[C@H]1C[C@H](C)N(C(=O)Cc2ccc(N)cc2)C1. The molecular weight excluding hydrogens is 284 g/mol. The van der Waals surface area contributed by atoms with Gasteiger partial charge in [-0.1, -0.05) is 36.4 Å². The van der Waals surface area contributed by atoms with E-state index in [1.165, 1.54) is 11.1 Å². The molecule has 1 amide bonds. The van der Waals surface area contributed by atoms with Crippen LogP contribution in [0.5, 0.6) is 0 Å². The lowest BCUT2D eigenvalue weighted by Crippen LogP contribution is -2.35. The van der Waals surface area contributed by atoms with Crippen molar-refractivity contribution in [2.45, 2.75) is 38.6 Å². The molecule has 1 fully saturated rings. The van der Waals surface area contributed by atoms with E-state index in [9.17, 15) is 4.79 Å². The molecule has 1 aliphatic heterocycles. The third kappa shape index (κ3) is 3.39. The average Bonchev–Trinajstić information content (AvgIpc) is 2.92. The minimum Gasteiger partial charge on any atom is -0.399 e. The summed E-state index contributed by atoms with van der Waals surface area (Å²) in [5.74, 6) is 0.653. The van der Waals surface area contributed by atoms with Gasteiger partial charge in [0.05, 0.1) is 6.42 Å². The molecule has 3 nitrogen and oxygen atoms in total. The molecule has 0 saturated carbocycles. The molecule has 1 heterocycles. The Morgan fingerprint density at radius 3 is 2.57 bits per heavy atom. The van der Waals surface area contributed by atoms with Crippen molar-refractivity contribution in [3.05, 3.63) is 65.2 Å². The van der Waals surface area contributed by atoms with E-state index in [4.69, 9.17) is 5.73 Å². The zero-order valence-corrected chi connectivity index (χ0v) is 13.8. The van der Waals surface area contributed by atoms with Gasteiger partial charge in [-0.25, -0.2) is 0 Å². The number of carbonyl (C=O) groups excluding carboxylic acids is 1. The molecule has 0 aromatic heterocycles. The van der Waals surface area contributed by atoms with Gasteiger partial charge in [0.2, 0.25) is 5.91 Å². The van der Waals surface area contributed by atoms with Crippen LogP contribution >= 0.6 is 0 Å². The number of nitrogens with zero attached hydrogens (tertiary/aromatic N) is 1. The van der Waals surface area contributed by atoms with E-state index >= 15 is 0 Å². The largest absolute Gasteiger partial charge is 0.399 e. The molecule has 2 atom stereocenters. The summed E-state index contributed by atoms with van der Waals surface area (Å²) in [5.41, 5.74) is 10.2. The summed E-state index contributed by atoms with van der Waals surface area (Å²) in [6, 6.07) is 16.4. The van der Waals surface area contributed by atoms with Crippen molar-refractivity contribution in [1.29, 1.82) is 0 Å². The first-order valence-corrected chi connectivity index (χ1v) is 8.24. The molecule has 1 aliphatic rings. The fraction of sp³-hybridized carbons (Fsp3) is 0.350. The van der Waals surface area contributed by atoms with Crippen molar-refractivity contribution in [1.82, 2.24) is 4.90 Å². The topological polar surface area (TPSA) is 46.3 Å². The van der Waals surface area contributed by atoms with Gasteiger partial charge < -0.3 is 10.6 Å². The maximum Gasteiger partial charge on any atom is 0.227 e. The van der Waals surface area contributed by atoms with E-state index in [1.807, 2.05) is 29.2 Å². The molecule has 0 spiro atoms. The summed E-state index contributed by atoms with van der Waals surface area (Å²) >= 11 is 0. The number of nitrogens with two attached hydrogens (primary N) is 1. The number of hydrogen-bond donors (Lipinski definition) is 1. The molecular formula is C20H24N2O. The number of nitrogen functional groups attached to an aromatic ring is 1. The molecule has 2 N–H and O–H groups in total. The van der Waals surface area contributed by atoms with Crippen LogP contribution in [0.1, 0.15) is 36.0 Å². The first-order chi connectivity index (χ1) is 11.0. The van der Waals surface area contributed by atoms with Crippen molar-refractivity contribution in [3.8, 4) is 0 Å². The van der Waals surface area contributed by atoms with E-state index < -0.39 is 0 Å². The first kappa shape index (κ1) is 15.6. The van der Waals surface area contributed by atoms with E-state index in [0.717, 1.165) is 24.2 Å². The average molecular weight is 308 g/mol. The second-order valence-corrected chi connectivity index (χ2v) is 6.60. The lowest BCUT2D eigenvalue weighted by molar-refractivity contribution is -0.131. The van der Waals surface area contributed by atoms with Crippen LogP contribution in [0.3, 0.4) is 0 Å². The molecule has 1 saturated heterocycles. The predicted molar refractivity (Wildman–Crippen MR) is 94.3 cm³/mol. The minimum atomic E-state index is 0.207. The number of aryl methyl sites for hydroxylation is 1. The third-order valence-corrected chi connectivity index (χ3v) is 4.86. The predicted octanol–water partition coefficient (Wildman–Crippen LogP) is 3.52. The van der Waals surface area contributed by atoms with Gasteiger partial charge in [-0.05, 0) is 49.1 Å². The molecule has 2 aromatic carbocycles. The van der Waals surface area contributed by atoms with Crippen LogP contribution in [0.15, 0.2) is 48.5 Å². The number of likely N-dealkylation sites (tertiary alicyclic amines) is 1. The van der Waals surface area contributed by atoms with E-state index in [1.54, 1.807) is 0 Å². The van der Waals surface area contributed by atoms with E-state index in [-0.39, 0.29) is 5.91 Å². The van der Waals surface area contributed by atoms with Gasteiger partial charge in [0, 0.05) is 24.2 Å². The van der Waals surface area contributed by atoms with Crippen molar-refractivity contribution >= 4 is 11.6 Å². The normalized spacial score (nSPS) is 20.7. The van der Waals surface area contributed by atoms with Crippen LogP contribution in [-0.2, 0) is 11.2 Å². The zero-order chi connectivity index (χ0) is 16.4. The number of carbonyl (C=O) groups is 1. The number of amides is 1. The standard InChI is InChI=1S/C20H24N2O/c1-14-5-3-4-6-19(14)17-11-15(2)22(13-17)20(23)12-16-7-9-18(21)10-8-16/h3-10,15,17H,11-13,21H2,1-2H3/t15-,17-/m0/s1. The van der Waals surface area contributed by atoms with Crippen LogP contribution < -0.4 is 5.73 Å². The highest BCUT2D eigenvalue weighted by Crippen LogP contribution is 2.33. The van der Waals surface area contributed by atoms with Crippen LogP contribution in [-0.4, -0.2) is 23.4 Å². The quantitative estimate of drug-likeness (QED) is 0.882. The Balaban J connectivity index is 1.70. The number of rotatable bonds is 3. The molecule has 0 unspecified atom stereocenters. The Labute approximate surface area is 138 Å². The summed E-state index contributed by atoms with van der Waals surface area (Å²) in [6.45, 7) is 5.12. The molecule has 0 aliphatic carbocycles. The minimum absolute atomic E-state index is 0.207. The highest BCUT2D eigenvalue weighted by Gasteiger charge is 2.33. The van der Waals surface area contributed by atoms with Crippen LogP contribution in [0, 0.1) is 6.92 Å². The molecule has 3 heteroatoms. The molecule has 0 radical (unpaired) electrons. The summed E-state index contributed by atoms with van der Waals surface area (Å²) in [6.07, 6.45) is 1.49. The van der Waals surface area contributed by atoms with Crippen LogP contribution in [0.2, 0.25) is 0 Å². The highest BCUT2D eigenvalue weighted by molar-refractivity contribution is 5.79. The maximum absolute atomic E-state index is 12.7. The molecule has 3 rings (SSSR count). The summed E-state index contributed by atoms with van der Waals surface area (Å²) in [4.78, 5) is 14.7. The second kappa shape index (κ2) is 6.45. The lowest BCUT2D eigenvalue weighted by atomic mass is 9.93. The van der Waals surface area contributed by atoms with Gasteiger partial charge >= 0.3 is 0 Å². The van der Waals surface area contributed by atoms with Crippen molar-refractivity contribution < 1.29 is 4.79 Å². The van der Waals surface area contributed by atoms with E-state index in [2.05, 4.69) is 38.1 Å². The summed E-state index contributed by atoms with van der Waals surface area (Å²) < 4.78 is 0. The fourth-order valence-electron chi connectivity index (χ4n) is 3.56. The Hall–Kier alpha value is -2.29. The molecule has 120 valence electrons. The smallest absolute Gasteiger partial charge is 0.227 e. The monoisotopic (exact) mass is 308 g/mol. The van der Waals surface area contributed by atoms with E-state index in [0.29, 0.717) is 18.4 Å². The maximum atomic E-state index is 12.7. The van der Waals surface area contributed by atoms with Gasteiger partial charge in [0.15, 0.2) is 0 Å². The van der Waals surface area contributed by atoms with Gasteiger partial charge in [-0.3, -0.25) is 4.79 Å². The number of hydrogen-bond acceptors (Lipinski definition) is 2. The van der Waals surface area contributed by atoms with Gasteiger partial charge in [0.25, 0.3) is 0 Å². The first-order valence-electron chi connectivity index (χ1n) is 8.24. The van der Waals surface area contributed by atoms with Crippen LogP contribution in [0.4, 0.5) is 5.69 Å². The van der Waals surface area contributed by atoms with Gasteiger partial charge in [-0.2, -0.15) is 0 Å². The Kier molecular flexibility index (Phi) is 4.37. The second-order valence-electron chi connectivity index (χ2n) is 6.60. The van der Waals surface area contributed by atoms with Crippen LogP contribution in [0.25, 0.3) is 0 Å². The summed E-state index contributed by atoms with van der Waals surface area (Å²) in [5, 5.41) is 0. The number of anilines is 1. The lowest BCUT2D eigenvalue weighted by Gasteiger charge is -2.21.